The summed E-state index contributed by atoms with van der Waals surface area (Å²) in [6.45, 7) is -0.428. The van der Waals surface area contributed by atoms with E-state index in [1.165, 1.54) is 0 Å². The summed E-state index contributed by atoms with van der Waals surface area (Å²) in [6.07, 6.45) is 0. The van der Waals surface area contributed by atoms with Crippen molar-refractivity contribution < 1.29 is 22.3 Å². The molecule has 2 aromatic rings. The van der Waals surface area contributed by atoms with Crippen LogP contribution in [0.2, 0.25) is 0 Å². The highest BCUT2D eigenvalue weighted by molar-refractivity contribution is 5.31. The van der Waals surface area contributed by atoms with Gasteiger partial charge in [0.1, 0.15) is 18.2 Å². The van der Waals surface area contributed by atoms with Crippen LogP contribution in [0.3, 0.4) is 0 Å². The van der Waals surface area contributed by atoms with Gasteiger partial charge in [0, 0.05) is 18.2 Å². The largest absolute Gasteiger partial charge is 0.483 e. The number of hydrogen-bond donors (Lipinski definition) is 1. The van der Waals surface area contributed by atoms with Crippen LogP contribution in [0, 0.1) is 23.3 Å². The van der Waals surface area contributed by atoms with E-state index in [0.29, 0.717) is 6.07 Å². The van der Waals surface area contributed by atoms with Gasteiger partial charge in [0.05, 0.1) is 0 Å². The van der Waals surface area contributed by atoms with E-state index in [1.54, 1.807) is 0 Å². The molecule has 0 aliphatic rings. The highest BCUT2D eigenvalue weighted by atomic mass is 19.1. The van der Waals surface area contributed by atoms with E-state index in [9.17, 15) is 17.6 Å². The molecule has 0 saturated heterocycles. The van der Waals surface area contributed by atoms with Crippen molar-refractivity contribution in [2.24, 2.45) is 5.73 Å². The molecule has 0 bridgehead atoms. The van der Waals surface area contributed by atoms with Crippen molar-refractivity contribution in [3.05, 3.63) is 64.7 Å². The van der Waals surface area contributed by atoms with Crippen LogP contribution in [0.4, 0.5) is 17.6 Å². The Morgan fingerprint density at radius 3 is 2.10 bits per heavy atom. The monoisotopic (exact) mass is 285 g/mol. The Balaban J connectivity index is 2.19. The minimum Gasteiger partial charge on any atom is -0.483 e. The van der Waals surface area contributed by atoms with E-state index in [2.05, 4.69) is 0 Å². The maximum absolute atomic E-state index is 13.6. The second-order valence-corrected chi connectivity index (χ2v) is 4.12. The van der Waals surface area contributed by atoms with Crippen molar-refractivity contribution in [2.75, 3.05) is 0 Å². The Kier molecular flexibility index (Phi) is 4.24. The molecule has 2 rings (SSSR count). The summed E-state index contributed by atoms with van der Waals surface area (Å²) in [4.78, 5) is 0. The van der Waals surface area contributed by atoms with Crippen molar-refractivity contribution in [1.29, 1.82) is 0 Å². The fourth-order valence-corrected chi connectivity index (χ4v) is 1.66. The molecule has 0 saturated carbocycles. The molecular weight excluding hydrogens is 274 g/mol. The van der Waals surface area contributed by atoms with E-state index in [1.807, 2.05) is 0 Å². The maximum atomic E-state index is 13.6. The van der Waals surface area contributed by atoms with Crippen LogP contribution >= 0.6 is 0 Å². The van der Waals surface area contributed by atoms with Crippen LogP contribution in [0.5, 0.6) is 5.75 Å². The number of benzene rings is 2. The van der Waals surface area contributed by atoms with Crippen molar-refractivity contribution >= 4 is 0 Å². The summed E-state index contributed by atoms with van der Waals surface area (Å²) in [5.74, 6) is -4.05. The number of halogens is 4. The molecule has 106 valence electrons. The molecule has 0 radical (unpaired) electrons. The molecule has 0 heterocycles. The van der Waals surface area contributed by atoms with Gasteiger partial charge in [-0.25, -0.2) is 17.6 Å². The van der Waals surface area contributed by atoms with Crippen LogP contribution in [0.15, 0.2) is 30.3 Å². The molecule has 0 unspecified atom stereocenters. The van der Waals surface area contributed by atoms with Gasteiger partial charge in [-0.05, 0) is 29.8 Å². The third-order valence-corrected chi connectivity index (χ3v) is 2.68. The highest BCUT2D eigenvalue weighted by Crippen LogP contribution is 2.24. The van der Waals surface area contributed by atoms with E-state index in [-0.39, 0.29) is 17.7 Å². The standard InChI is InChI=1S/C14H11F4NO/c15-10-2-1-9(11(16)5-10)7-20-14-12(17)3-8(6-19)4-13(14)18/h1-5H,6-7,19H2. The summed E-state index contributed by atoms with van der Waals surface area (Å²) < 4.78 is 58.2. The molecule has 2 nitrogen and oxygen atoms in total. The SMILES string of the molecule is NCc1cc(F)c(OCc2ccc(F)cc2F)c(F)c1. The summed E-state index contributed by atoms with van der Waals surface area (Å²) in [6, 6.07) is 4.93. The number of ether oxygens (including phenoxy) is 1. The molecule has 0 aliphatic heterocycles. The first-order valence-corrected chi connectivity index (χ1v) is 5.76. The van der Waals surface area contributed by atoms with Crippen LogP contribution in [-0.4, -0.2) is 0 Å². The third-order valence-electron chi connectivity index (χ3n) is 2.68. The first kappa shape index (κ1) is 14.3. The van der Waals surface area contributed by atoms with Gasteiger partial charge in [-0.3, -0.25) is 0 Å². The smallest absolute Gasteiger partial charge is 0.191 e. The number of hydrogen-bond acceptors (Lipinski definition) is 2. The molecule has 0 amide bonds. The lowest BCUT2D eigenvalue weighted by atomic mass is 10.2. The molecule has 0 spiro atoms. The Labute approximate surface area is 112 Å². The lowest BCUT2D eigenvalue weighted by Gasteiger charge is -2.10. The van der Waals surface area contributed by atoms with Gasteiger partial charge >= 0.3 is 0 Å². The van der Waals surface area contributed by atoms with Gasteiger partial charge in [-0.1, -0.05) is 0 Å². The van der Waals surface area contributed by atoms with Gasteiger partial charge in [0.2, 0.25) is 0 Å². The van der Waals surface area contributed by atoms with Gasteiger partial charge in [-0.2, -0.15) is 0 Å². The van der Waals surface area contributed by atoms with Crippen molar-refractivity contribution in [3.63, 3.8) is 0 Å². The van der Waals surface area contributed by atoms with E-state index in [0.717, 1.165) is 24.3 Å². The van der Waals surface area contributed by atoms with Crippen molar-refractivity contribution in [3.8, 4) is 5.75 Å². The first-order chi connectivity index (χ1) is 9.51. The average Bonchev–Trinajstić information content (AvgIpc) is 2.39. The Morgan fingerprint density at radius 1 is 0.900 bits per heavy atom. The van der Waals surface area contributed by atoms with Gasteiger partial charge in [-0.15, -0.1) is 0 Å². The van der Waals surface area contributed by atoms with Crippen LogP contribution in [0.1, 0.15) is 11.1 Å². The maximum Gasteiger partial charge on any atom is 0.191 e. The number of nitrogens with two attached hydrogens (primary N) is 1. The molecule has 20 heavy (non-hydrogen) atoms. The van der Waals surface area contributed by atoms with E-state index < -0.39 is 35.6 Å². The second kappa shape index (κ2) is 5.92. The summed E-state index contributed by atoms with van der Waals surface area (Å²) in [7, 11) is 0. The molecular formula is C14H11F4NO. The lowest BCUT2D eigenvalue weighted by molar-refractivity contribution is 0.268. The van der Waals surface area contributed by atoms with Crippen LogP contribution in [-0.2, 0) is 13.2 Å². The molecule has 0 atom stereocenters. The zero-order valence-corrected chi connectivity index (χ0v) is 10.3. The second-order valence-electron chi connectivity index (χ2n) is 4.12. The predicted octanol–water partition coefficient (Wildman–Crippen LogP) is 3.28. The average molecular weight is 285 g/mol. The van der Waals surface area contributed by atoms with Gasteiger partial charge in [0.25, 0.3) is 0 Å². The van der Waals surface area contributed by atoms with Gasteiger partial charge < -0.3 is 10.5 Å². The molecule has 2 N–H and O–H groups in total. The quantitative estimate of drug-likeness (QED) is 0.875. The van der Waals surface area contributed by atoms with E-state index in [4.69, 9.17) is 10.5 Å². The van der Waals surface area contributed by atoms with E-state index >= 15 is 0 Å². The minimum absolute atomic E-state index is 0.00639. The van der Waals surface area contributed by atoms with Crippen molar-refractivity contribution in [1.82, 2.24) is 0 Å². The Bertz CT molecular complexity index is 608. The van der Waals surface area contributed by atoms with Crippen LogP contribution < -0.4 is 10.5 Å². The molecule has 0 aromatic heterocycles. The fraction of sp³-hybridized carbons (Fsp3) is 0.143. The molecule has 6 heteroatoms. The third kappa shape index (κ3) is 3.08. The minimum atomic E-state index is -0.923. The molecule has 2 aromatic carbocycles. The summed E-state index contributed by atoms with van der Waals surface area (Å²) in [5.41, 5.74) is 5.55. The topological polar surface area (TPSA) is 35.2 Å². The summed E-state index contributed by atoms with van der Waals surface area (Å²) in [5, 5.41) is 0. The van der Waals surface area contributed by atoms with Crippen molar-refractivity contribution in [2.45, 2.75) is 13.2 Å². The predicted molar refractivity (Wildman–Crippen MR) is 64.9 cm³/mol. The lowest BCUT2D eigenvalue weighted by Crippen LogP contribution is -2.04. The fourth-order valence-electron chi connectivity index (χ4n) is 1.66. The zero-order chi connectivity index (χ0) is 14.7. The Morgan fingerprint density at radius 2 is 1.55 bits per heavy atom. The van der Waals surface area contributed by atoms with Gasteiger partial charge in [0.15, 0.2) is 17.4 Å². The Hall–Kier alpha value is -2.08. The zero-order valence-electron chi connectivity index (χ0n) is 10.3. The normalized spacial score (nSPS) is 10.7. The number of rotatable bonds is 4. The summed E-state index contributed by atoms with van der Waals surface area (Å²) >= 11 is 0. The van der Waals surface area contributed by atoms with Crippen LogP contribution in [0.25, 0.3) is 0 Å². The highest BCUT2D eigenvalue weighted by Gasteiger charge is 2.13. The molecule has 0 aliphatic carbocycles. The first-order valence-electron chi connectivity index (χ1n) is 5.76. The molecule has 0 fully saturated rings.